The molecule has 2 unspecified atom stereocenters. The van der Waals surface area contributed by atoms with Gasteiger partial charge < -0.3 is 5.11 Å². The van der Waals surface area contributed by atoms with E-state index in [1.54, 1.807) is 17.5 Å². The normalized spacial score (nSPS) is 19.8. The quantitative estimate of drug-likeness (QED) is 0.774. The molecule has 6 heteroatoms. The second-order valence-electron chi connectivity index (χ2n) is 6.26. The number of carboxylic acid groups (broad SMARTS) is 1. The maximum Gasteiger partial charge on any atom is 0.320 e. The predicted octanol–water partition coefficient (Wildman–Crippen LogP) is 3.72. The van der Waals surface area contributed by atoms with Crippen LogP contribution in [-0.2, 0) is 4.79 Å². The van der Waals surface area contributed by atoms with Crippen LogP contribution in [0.15, 0.2) is 48.7 Å². The average molecular weight is 353 g/mol. The van der Waals surface area contributed by atoms with Crippen molar-refractivity contribution in [3.63, 3.8) is 0 Å². The minimum absolute atomic E-state index is 0.222. The van der Waals surface area contributed by atoms with E-state index in [1.165, 1.54) is 0 Å². The molecule has 1 saturated heterocycles. The van der Waals surface area contributed by atoms with Gasteiger partial charge in [0.1, 0.15) is 17.1 Å². The van der Waals surface area contributed by atoms with E-state index in [0.29, 0.717) is 6.42 Å². The fourth-order valence-electron chi connectivity index (χ4n) is 3.51. The molecule has 1 fully saturated rings. The molecule has 2 aromatic heterocycles. The Morgan fingerprint density at radius 3 is 2.80 bits per heavy atom. The molecule has 2 atom stereocenters. The Bertz CT molecular complexity index is 848. The fourth-order valence-corrected chi connectivity index (χ4v) is 4.61. The molecule has 128 valence electrons. The Morgan fingerprint density at radius 2 is 2.04 bits per heavy atom. The highest BCUT2D eigenvalue weighted by atomic mass is 32.1. The number of aromatic nitrogens is 2. The van der Waals surface area contributed by atoms with E-state index in [0.717, 1.165) is 40.3 Å². The van der Waals surface area contributed by atoms with Gasteiger partial charge >= 0.3 is 5.97 Å². The molecule has 1 aromatic carbocycles. The third-order valence-electron chi connectivity index (χ3n) is 4.67. The molecular formula is C19H19N3O2S. The summed E-state index contributed by atoms with van der Waals surface area (Å²) in [5, 5.41) is 10.6. The van der Waals surface area contributed by atoms with Gasteiger partial charge in [-0.05, 0) is 37.1 Å². The lowest BCUT2D eigenvalue weighted by Gasteiger charge is -2.37. The number of hydrogen-bond acceptors (Lipinski definition) is 5. The molecule has 25 heavy (non-hydrogen) atoms. The summed E-state index contributed by atoms with van der Waals surface area (Å²) in [7, 11) is 0. The van der Waals surface area contributed by atoms with Crippen LogP contribution in [0.4, 0.5) is 0 Å². The number of aliphatic carboxylic acids is 1. The first-order chi connectivity index (χ1) is 12.2. The van der Waals surface area contributed by atoms with E-state index in [9.17, 15) is 9.90 Å². The van der Waals surface area contributed by atoms with Gasteiger partial charge in [0, 0.05) is 12.7 Å². The first-order valence-electron chi connectivity index (χ1n) is 8.49. The minimum atomic E-state index is -0.762. The van der Waals surface area contributed by atoms with Crippen molar-refractivity contribution >= 4 is 27.5 Å². The summed E-state index contributed by atoms with van der Waals surface area (Å²) in [4.78, 5) is 23.2. The van der Waals surface area contributed by atoms with Gasteiger partial charge in [-0.1, -0.05) is 24.6 Å². The number of carboxylic acids is 1. The lowest BCUT2D eigenvalue weighted by atomic mass is 9.98. The average Bonchev–Trinajstić information content (AvgIpc) is 3.06. The van der Waals surface area contributed by atoms with Gasteiger partial charge in [-0.25, -0.2) is 4.98 Å². The van der Waals surface area contributed by atoms with Crippen molar-refractivity contribution < 1.29 is 9.90 Å². The predicted molar refractivity (Wildman–Crippen MR) is 97.7 cm³/mol. The van der Waals surface area contributed by atoms with Crippen LogP contribution in [0.2, 0.25) is 0 Å². The van der Waals surface area contributed by atoms with Gasteiger partial charge in [0.05, 0.1) is 15.9 Å². The molecule has 3 heterocycles. The highest BCUT2D eigenvalue weighted by Crippen LogP contribution is 2.37. The summed E-state index contributed by atoms with van der Waals surface area (Å²) in [5.74, 6) is -0.762. The number of nitrogens with zero attached hydrogens (tertiary/aromatic N) is 3. The minimum Gasteiger partial charge on any atom is -0.480 e. The molecule has 0 aliphatic carbocycles. The SMILES string of the molecule is O=C(O)C1CCCCN1C(c1ccccn1)c1nc2ccccc2s1. The van der Waals surface area contributed by atoms with E-state index in [2.05, 4.69) is 16.0 Å². The molecule has 0 amide bonds. The molecule has 3 aromatic rings. The molecule has 1 N–H and O–H groups in total. The molecule has 1 aliphatic heterocycles. The number of hydrogen-bond donors (Lipinski definition) is 1. The van der Waals surface area contributed by atoms with Crippen LogP contribution >= 0.6 is 11.3 Å². The van der Waals surface area contributed by atoms with E-state index in [-0.39, 0.29) is 6.04 Å². The molecule has 5 nitrogen and oxygen atoms in total. The Balaban J connectivity index is 1.82. The van der Waals surface area contributed by atoms with Crippen molar-refractivity contribution in [2.45, 2.75) is 31.3 Å². The van der Waals surface area contributed by atoms with E-state index in [1.807, 2.05) is 36.4 Å². The fraction of sp³-hybridized carbons (Fsp3) is 0.316. The third-order valence-corrected chi connectivity index (χ3v) is 5.76. The van der Waals surface area contributed by atoms with Crippen molar-refractivity contribution in [1.82, 2.24) is 14.9 Å². The van der Waals surface area contributed by atoms with E-state index < -0.39 is 12.0 Å². The van der Waals surface area contributed by atoms with Gasteiger partial charge in [-0.15, -0.1) is 11.3 Å². The zero-order valence-corrected chi connectivity index (χ0v) is 14.5. The summed E-state index contributed by atoms with van der Waals surface area (Å²) in [6.45, 7) is 0.744. The highest BCUT2D eigenvalue weighted by molar-refractivity contribution is 7.18. The van der Waals surface area contributed by atoms with Crippen LogP contribution in [0.5, 0.6) is 0 Å². The standard InChI is InChI=1S/C19H19N3O2S/c23-19(24)15-9-4-6-12-22(15)17(14-8-3-5-11-20-14)18-21-13-7-1-2-10-16(13)25-18/h1-3,5,7-8,10-11,15,17H,4,6,9,12H2,(H,23,24). The number of likely N-dealkylation sites (tertiary alicyclic amines) is 1. The Morgan fingerprint density at radius 1 is 1.20 bits per heavy atom. The number of piperidine rings is 1. The van der Waals surface area contributed by atoms with E-state index >= 15 is 0 Å². The van der Waals surface area contributed by atoms with Crippen LogP contribution in [0, 0.1) is 0 Å². The summed E-state index contributed by atoms with van der Waals surface area (Å²) in [5.41, 5.74) is 1.81. The second kappa shape index (κ2) is 6.90. The third kappa shape index (κ3) is 3.15. The number of para-hydroxylation sites is 1. The Kier molecular flexibility index (Phi) is 4.46. The zero-order chi connectivity index (χ0) is 17.2. The van der Waals surface area contributed by atoms with Crippen molar-refractivity contribution in [3.05, 3.63) is 59.4 Å². The van der Waals surface area contributed by atoms with Crippen LogP contribution in [-0.4, -0.2) is 38.5 Å². The molecule has 1 aliphatic rings. The largest absolute Gasteiger partial charge is 0.480 e. The lowest BCUT2D eigenvalue weighted by Crippen LogP contribution is -2.47. The van der Waals surface area contributed by atoms with Gasteiger partial charge in [-0.2, -0.15) is 0 Å². The first-order valence-corrected chi connectivity index (χ1v) is 9.30. The molecule has 4 rings (SSSR count). The van der Waals surface area contributed by atoms with Crippen LogP contribution in [0.3, 0.4) is 0 Å². The topological polar surface area (TPSA) is 66.3 Å². The first kappa shape index (κ1) is 16.2. The lowest BCUT2D eigenvalue weighted by molar-refractivity contribution is -0.145. The smallest absolute Gasteiger partial charge is 0.320 e. The van der Waals surface area contributed by atoms with Crippen LogP contribution in [0.25, 0.3) is 10.2 Å². The second-order valence-corrected chi connectivity index (χ2v) is 7.33. The summed E-state index contributed by atoms with van der Waals surface area (Å²) < 4.78 is 1.11. The van der Waals surface area contributed by atoms with Crippen molar-refractivity contribution in [3.8, 4) is 0 Å². The van der Waals surface area contributed by atoms with Crippen LogP contribution < -0.4 is 0 Å². The molecule has 0 spiro atoms. The van der Waals surface area contributed by atoms with Crippen molar-refractivity contribution in [2.75, 3.05) is 6.54 Å². The number of pyridine rings is 1. The number of thiazole rings is 1. The Hall–Kier alpha value is -2.31. The monoisotopic (exact) mass is 353 g/mol. The summed E-state index contributed by atoms with van der Waals surface area (Å²) >= 11 is 1.62. The van der Waals surface area contributed by atoms with Gasteiger partial charge in [-0.3, -0.25) is 14.7 Å². The van der Waals surface area contributed by atoms with Gasteiger partial charge in [0.25, 0.3) is 0 Å². The molecule has 0 bridgehead atoms. The molecular weight excluding hydrogens is 334 g/mol. The van der Waals surface area contributed by atoms with Gasteiger partial charge in [0.2, 0.25) is 0 Å². The number of carbonyl (C=O) groups is 1. The van der Waals surface area contributed by atoms with Gasteiger partial charge in [0.15, 0.2) is 0 Å². The van der Waals surface area contributed by atoms with Crippen molar-refractivity contribution in [2.24, 2.45) is 0 Å². The maximum absolute atomic E-state index is 11.8. The molecule has 0 saturated carbocycles. The van der Waals surface area contributed by atoms with Crippen molar-refractivity contribution in [1.29, 1.82) is 0 Å². The molecule has 0 radical (unpaired) electrons. The number of fused-ring (bicyclic) bond motifs is 1. The number of rotatable bonds is 4. The number of benzene rings is 1. The highest BCUT2D eigenvalue weighted by Gasteiger charge is 2.37. The van der Waals surface area contributed by atoms with Crippen LogP contribution in [0.1, 0.15) is 36.0 Å². The zero-order valence-electron chi connectivity index (χ0n) is 13.7. The summed E-state index contributed by atoms with van der Waals surface area (Å²) in [6, 6.07) is 13.1. The maximum atomic E-state index is 11.8. The van der Waals surface area contributed by atoms with E-state index in [4.69, 9.17) is 4.98 Å². The Labute approximate surface area is 150 Å². The summed E-state index contributed by atoms with van der Waals surface area (Å²) in [6.07, 6.45) is 4.37.